The fourth-order valence-corrected chi connectivity index (χ4v) is 4.86. The van der Waals surface area contributed by atoms with E-state index in [9.17, 15) is 31.5 Å². The average molecular weight is 546 g/mol. The number of hydrogen-bond acceptors (Lipinski definition) is 6. The number of anilines is 2. The summed E-state index contributed by atoms with van der Waals surface area (Å²) < 4.78 is 60.0. The zero-order valence-electron chi connectivity index (χ0n) is 20.5. The Balaban J connectivity index is 0.000000604. The van der Waals surface area contributed by atoms with Crippen LogP contribution < -0.4 is 9.62 Å². The maximum Gasteiger partial charge on any atom is 0.490 e. The van der Waals surface area contributed by atoms with Gasteiger partial charge in [-0.2, -0.15) is 13.2 Å². The molecule has 0 spiro atoms. The van der Waals surface area contributed by atoms with Crippen molar-refractivity contribution in [1.82, 2.24) is 4.98 Å². The second-order valence-corrected chi connectivity index (χ2v) is 10.1. The number of fused-ring (bicyclic) bond motifs is 1. The van der Waals surface area contributed by atoms with Gasteiger partial charge in [0.05, 0.1) is 16.8 Å². The quantitative estimate of drug-likeness (QED) is 0.412. The van der Waals surface area contributed by atoms with Crippen LogP contribution >= 0.6 is 0 Å². The molecule has 1 aromatic heterocycles. The first-order chi connectivity index (χ1) is 17.3. The van der Waals surface area contributed by atoms with E-state index in [2.05, 4.69) is 16.6 Å². The van der Waals surface area contributed by atoms with Crippen molar-refractivity contribution in [3.63, 3.8) is 0 Å². The van der Waals surface area contributed by atoms with Crippen molar-refractivity contribution in [3.05, 3.63) is 47.2 Å². The van der Waals surface area contributed by atoms with Gasteiger partial charge in [-0.05, 0) is 68.4 Å². The van der Waals surface area contributed by atoms with Gasteiger partial charge in [-0.1, -0.05) is 19.4 Å². The number of hydrogen-bond donors (Lipinski definition) is 3. The molecule has 0 unspecified atom stereocenters. The molecular weight excluding hydrogens is 515 g/mol. The lowest BCUT2D eigenvalue weighted by atomic mass is 9.92. The lowest BCUT2D eigenvalue weighted by molar-refractivity contribution is -0.192. The molecule has 0 saturated heterocycles. The number of unbranched alkanes of at least 4 members (excludes halogenated alkanes) is 1. The number of rotatable bonds is 9. The highest BCUT2D eigenvalue weighted by molar-refractivity contribution is 7.92. The number of aromatic carboxylic acids is 1. The summed E-state index contributed by atoms with van der Waals surface area (Å²) in [5, 5.41) is 16.8. The van der Waals surface area contributed by atoms with Crippen molar-refractivity contribution in [2.75, 3.05) is 22.7 Å². The summed E-state index contributed by atoms with van der Waals surface area (Å²) in [7, 11) is -3.84. The van der Waals surface area contributed by atoms with Crippen molar-refractivity contribution in [3.8, 4) is 0 Å². The van der Waals surface area contributed by atoms with Crippen LogP contribution in [-0.2, 0) is 27.7 Å². The van der Waals surface area contributed by atoms with Crippen molar-refractivity contribution in [2.45, 2.75) is 63.4 Å². The van der Waals surface area contributed by atoms with E-state index in [-0.39, 0.29) is 16.1 Å². The molecule has 0 bridgehead atoms. The Morgan fingerprint density at radius 3 is 2.24 bits per heavy atom. The number of carboxylic acid groups (broad SMARTS) is 2. The number of carbonyl (C=O) groups is 2. The SMILES string of the molecule is CCCCN(CC)c1ncc(NS(=O)(=O)c2ccc3c(c2)CCCC3)cc1C(=O)O.O=C(O)C(F)(F)F. The number of aryl methyl sites for hydroxylation is 2. The van der Waals surface area contributed by atoms with Crippen molar-refractivity contribution in [2.24, 2.45) is 0 Å². The molecule has 3 N–H and O–H groups in total. The third-order valence-electron chi connectivity index (χ3n) is 5.68. The first-order valence-corrected chi connectivity index (χ1v) is 13.2. The highest BCUT2D eigenvalue weighted by atomic mass is 32.2. The van der Waals surface area contributed by atoms with E-state index in [0.29, 0.717) is 18.9 Å². The molecule has 0 fully saturated rings. The number of carboxylic acids is 2. The minimum Gasteiger partial charge on any atom is -0.478 e. The summed E-state index contributed by atoms with van der Waals surface area (Å²) in [5.74, 6) is -3.54. The highest BCUT2D eigenvalue weighted by Crippen LogP contribution is 2.27. The van der Waals surface area contributed by atoms with Gasteiger partial charge in [0.25, 0.3) is 10.0 Å². The molecule has 37 heavy (non-hydrogen) atoms. The molecule has 0 amide bonds. The van der Waals surface area contributed by atoms with Gasteiger partial charge in [0.2, 0.25) is 0 Å². The Labute approximate surface area is 213 Å². The molecule has 13 heteroatoms. The third-order valence-corrected chi connectivity index (χ3v) is 7.06. The maximum absolute atomic E-state index is 12.9. The molecule has 2 aromatic rings. The topological polar surface area (TPSA) is 137 Å². The fraction of sp³-hybridized carbons (Fsp3) is 0.458. The van der Waals surface area contributed by atoms with Gasteiger partial charge in [0.15, 0.2) is 0 Å². The number of benzene rings is 1. The molecule has 0 aliphatic heterocycles. The zero-order valence-corrected chi connectivity index (χ0v) is 21.3. The van der Waals surface area contributed by atoms with Gasteiger partial charge in [-0.15, -0.1) is 0 Å². The number of alkyl halides is 3. The molecule has 3 rings (SSSR count). The smallest absolute Gasteiger partial charge is 0.478 e. The Kier molecular flexibility index (Phi) is 10.3. The highest BCUT2D eigenvalue weighted by Gasteiger charge is 2.38. The first-order valence-electron chi connectivity index (χ1n) is 11.7. The van der Waals surface area contributed by atoms with Gasteiger partial charge < -0.3 is 15.1 Å². The van der Waals surface area contributed by atoms with Gasteiger partial charge in [0.1, 0.15) is 11.4 Å². The van der Waals surface area contributed by atoms with E-state index in [4.69, 9.17) is 9.90 Å². The Morgan fingerprint density at radius 2 is 1.70 bits per heavy atom. The van der Waals surface area contributed by atoms with E-state index in [0.717, 1.165) is 44.1 Å². The molecule has 0 atom stereocenters. The lowest BCUT2D eigenvalue weighted by Crippen LogP contribution is -2.27. The molecule has 1 aromatic carbocycles. The second-order valence-electron chi connectivity index (χ2n) is 8.38. The predicted molar refractivity (Wildman–Crippen MR) is 132 cm³/mol. The molecule has 0 saturated carbocycles. The van der Waals surface area contributed by atoms with Crippen LogP contribution in [0.15, 0.2) is 35.4 Å². The third kappa shape index (κ3) is 8.34. The number of sulfonamides is 1. The van der Waals surface area contributed by atoms with Crippen LogP contribution in [0.25, 0.3) is 0 Å². The summed E-state index contributed by atoms with van der Waals surface area (Å²) >= 11 is 0. The largest absolute Gasteiger partial charge is 0.490 e. The van der Waals surface area contributed by atoms with Crippen LogP contribution in [0.4, 0.5) is 24.7 Å². The van der Waals surface area contributed by atoms with Crippen LogP contribution in [0.3, 0.4) is 0 Å². The summed E-state index contributed by atoms with van der Waals surface area (Å²) in [6.45, 7) is 5.32. The predicted octanol–water partition coefficient (Wildman–Crippen LogP) is 4.72. The van der Waals surface area contributed by atoms with Crippen LogP contribution in [-0.4, -0.2) is 54.8 Å². The first kappa shape index (κ1) is 29.9. The summed E-state index contributed by atoms with van der Waals surface area (Å²) in [6, 6.07) is 6.55. The zero-order chi connectivity index (χ0) is 27.8. The van der Waals surface area contributed by atoms with Crippen molar-refractivity contribution in [1.29, 1.82) is 0 Å². The normalized spacial score (nSPS) is 13.1. The lowest BCUT2D eigenvalue weighted by Gasteiger charge is -2.23. The Hall–Kier alpha value is -3.35. The van der Waals surface area contributed by atoms with Crippen LogP contribution in [0.5, 0.6) is 0 Å². The average Bonchev–Trinajstić information content (AvgIpc) is 2.84. The summed E-state index contributed by atoms with van der Waals surface area (Å²) in [6.07, 6.45) is 2.24. The number of nitrogens with one attached hydrogen (secondary N) is 1. The Morgan fingerprint density at radius 1 is 1.08 bits per heavy atom. The van der Waals surface area contributed by atoms with E-state index in [1.807, 2.05) is 17.9 Å². The van der Waals surface area contributed by atoms with Crippen LogP contribution in [0.2, 0.25) is 0 Å². The van der Waals surface area contributed by atoms with Crippen molar-refractivity contribution >= 4 is 33.5 Å². The Bertz CT molecular complexity index is 1220. The van der Waals surface area contributed by atoms with E-state index in [1.165, 1.54) is 17.8 Å². The number of pyridine rings is 1. The number of aliphatic carboxylic acids is 1. The minimum atomic E-state index is -5.08. The van der Waals surface area contributed by atoms with Gasteiger partial charge in [-0.25, -0.2) is 23.0 Å². The van der Waals surface area contributed by atoms with E-state index in [1.54, 1.807) is 12.1 Å². The van der Waals surface area contributed by atoms with Gasteiger partial charge in [0, 0.05) is 13.1 Å². The number of nitrogens with zero attached hydrogens (tertiary/aromatic N) is 2. The van der Waals surface area contributed by atoms with Gasteiger partial charge in [-0.3, -0.25) is 4.72 Å². The molecular formula is C24H30F3N3O6S. The fourth-order valence-electron chi connectivity index (χ4n) is 3.78. The summed E-state index contributed by atoms with van der Waals surface area (Å²) in [4.78, 5) is 27.1. The van der Waals surface area contributed by atoms with E-state index < -0.39 is 28.1 Å². The second kappa shape index (κ2) is 12.7. The minimum absolute atomic E-state index is 0.0152. The maximum atomic E-state index is 12.9. The summed E-state index contributed by atoms with van der Waals surface area (Å²) in [5.41, 5.74) is 2.39. The molecule has 9 nitrogen and oxygen atoms in total. The van der Waals surface area contributed by atoms with Crippen molar-refractivity contribution < 1.29 is 41.4 Å². The monoisotopic (exact) mass is 545 g/mol. The van der Waals surface area contributed by atoms with Crippen LogP contribution in [0, 0.1) is 0 Å². The van der Waals surface area contributed by atoms with Gasteiger partial charge >= 0.3 is 18.1 Å². The number of halogens is 3. The number of aromatic nitrogens is 1. The van der Waals surface area contributed by atoms with E-state index >= 15 is 0 Å². The molecule has 204 valence electrons. The van der Waals surface area contributed by atoms with Crippen LogP contribution in [0.1, 0.15) is 61.0 Å². The molecule has 1 aliphatic rings. The molecule has 1 heterocycles. The standard InChI is InChI=1S/C22H29N3O4S.C2HF3O2/c1-3-5-12-25(4-2)21-20(22(26)27)14-18(15-23-21)24-30(28,29)19-11-10-16-8-6-7-9-17(16)13-19;3-2(4,5)1(6)7/h10-11,13-15,24H,3-9,12H2,1-2H3,(H,26,27);(H,6,7). The molecule has 1 aliphatic carbocycles. The molecule has 0 radical (unpaired) electrons.